The fourth-order valence-corrected chi connectivity index (χ4v) is 1.78. The monoisotopic (exact) mass is 227 g/mol. The second-order valence-electron chi connectivity index (χ2n) is 4.14. The number of ether oxygens (including phenoxy) is 1. The van der Waals surface area contributed by atoms with Crippen LogP contribution in [-0.4, -0.2) is 7.11 Å². The highest BCUT2D eigenvalue weighted by Gasteiger charge is 2.02. The van der Waals surface area contributed by atoms with Gasteiger partial charge < -0.3 is 10.5 Å². The van der Waals surface area contributed by atoms with Crippen LogP contribution in [0.5, 0.6) is 5.75 Å². The molecular formula is C15H17NO. The van der Waals surface area contributed by atoms with Gasteiger partial charge in [-0.1, -0.05) is 36.4 Å². The van der Waals surface area contributed by atoms with Gasteiger partial charge in [-0.3, -0.25) is 0 Å². The molecule has 0 unspecified atom stereocenters. The van der Waals surface area contributed by atoms with Crippen molar-refractivity contribution in [3.63, 3.8) is 0 Å². The smallest absolute Gasteiger partial charge is 0.119 e. The second-order valence-corrected chi connectivity index (χ2v) is 4.14. The summed E-state index contributed by atoms with van der Waals surface area (Å²) in [6.45, 7) is 1.99. The summed E-state index contributed by atoms with van der Waals surface area (Å²) in [7, 11) is 1.68. The van der Waals surface area contributed by atoms with Crippen LogP contribution < -0.4 is 10.5 Å². The molecule has 0 aliphatic heterocycles. The minimum Gasteiger partial charge on any atom is -0.497 e. The molecule has 0 spiro atoms. The summed E-state index contributed by atoms with van der Waals surface area (Å²) >= 11 is 0. The second kappa shape index (κ2) is 5.02. The quantitative estimate of drug-likeness (QED) is 0.872. The van der Waals surface area contributed by atoms with Crippen molar-refractivity contribution in [2.75, 3.05) is 7.11 Å². The SMILES string of the molecule is COc1cccc(-c2ccc([C@H](C)N)cc2)c1. The summed E-state index contributed by atoms with van der Waals surface area (Å²) in [6, 6.07) is 16.4. The predicted octanol–water partition coefficient (Wildman–Crippen LogP) is 3.38. The third-order valence-electron chi connectivity index (χ3n) is 2.84. The molecule has 2 aromatic carbocycles. The third kappa shape index (κ3) is 2.66. The van der Waals surface area contributed by atoms with Crippen LogP contribution in [0.25, 0.3) is 11.1 Å². The minimum atomic E-state index is 0.0781. The highest BCUT2D eigenvalue weighted by molar-refractivity contribution is 5.65. The van der Waals surface area contributed by atoms with Gasteiger partial charge in [-0.15, -0.1) is 0 Å². The van der Waals surface area contributed by atoms with Crippen molar-refractivity contribution in [2.24, 2.45) is 5.73 Å². The molecule has 2 heteroatoms. The standard InChI is InChI=1S/C15H17NO/c1-11(16)12-6-8-13(9-7-12)14-4-3-5-15(10-14)17-2/h3-11H,16H2,1-2H3/t11-/m0/s1. The van der Waals surface area contributed by atoms with Crippen molar-refractivity contribution in [3.8, 4) is 16.9 Å². The van der Waals surface area contributed by atoms with Crippen LogP contribution in [0.2, 0.25) is 0 Å². The summed E-state index contributed by atoms with van der Waals surface area (Å²) in [5.41, 5.74) is 9.31. The predicted molar refractivity (Wildman–Crippen MR) is 71.0 cm³/mol. The summed E-state index contributed by atoms with van der Waals surface area (Å²) in [5, 5.41) is 0. The van der Waals surface area contributed by atoms with E-state index in [-0.39, 0.29) is 6.04 Å². The van der Waals surface area contributed by atoms with Crippen molar-refractivity contribution in [1.29, 1.82) is 0 Å². The summed E-state index contributed by atoms with van der Waals surface area (Å²) in [4.78, 5) is 0. The van der Waals surface area contributed by atoms with E-state index < -0.39 is 0 Å². The Morgan fingerprint density at radius 2 is 1.71 bits per heavy atom. The first-order valence-corrected chi connectivity index (χ1v) is 5.70. The molecular weight excluding hydrogens is 210 g/mol. The molecule has 0 radical (unpaired) electrons. The van der Waals surface area contributed by atoms with E-state index in [4.69, 9.17) is 10.5 Å². The lowest BCUT2D eigenvalue weighted by molar-refractivity contribution is 0.415. The molecule has 2 nitrogen and oxygen atoms in total. The van der Waals surface area contributed by atoms with Crippen molar-refractivity contribution >= 4 is 0 Å². The Balaban J connectivity index is 2.32. The summed E-state index contributed by atoms with van der Waals surface area (Å²) in [6.07, 6.45) is 0. The molecule has 2 N–H and O–H groups in total. The lowest BCUT2D eigenvalue weighted by Gasteiger charge is -2.08. The Bertz CT molecular complexity index is 489. The first-order valence-electron chi connectivity index (χ1n) is 5.70. The zero-order valence-electron chi connectivity index (χ0n) is 10.2. The maximum atomic E-state index is 5.83. The van der Waals surface area contributed by atoms with Crippen molar-refractivity contribution in [1.82, 2.24) is 0 Å². The molecule has 0 amide bonds. The number of methoxy groups -OCH3 is 1. The number of hydrogen-bond acceptors (Lipinski definition) is 2. The van der Waals surface area contributed by atoms with Gasteiger partial charge in [0.05, 0.1) is 7.11 Å². The van der Waals surface area contributed by atoms with E-state index >= 15 is 0 Å². The highest BCUT2D eigenvalue weighted by atomic mass is 16.5. The van der Waals surface area contributed by atoms with E-state index in [2.05, 4.69) is 30.3 Å². The Morgan fingerprint density at radius 3 is 2.29 bits per heavy atom. The molecule has 0 heterocycles. The molecule has 2 aromatic rings. The fourth-order valence-electron chi connectivity index (χ4n) is 1.78. The summed E-state index contributed by atoms with van der Waals surface area (Å²) in [5.74, 6) is 0.874. The molecule has 88 valence electrons. The average molecular weight is 227 g/mol. The van der Waals surface area contributed by atoms with E-state index in [1.807, 2.05) is 25.1 Å². The molecule has 1 atom stereocenters. The maximum Gasteiger partial charge on any atom is 0.119 e. The molecule has 0 bridgehead atoms. The molecule has 0 aliphatic carbocycles. The van der Waals surface area contributed by atoms with Crippen molar-refractivity contribution in [2.45, 2.75) is 13.0 Å². The number of benzene rings is 2. The lowest BCUT2D eigenvalue weighted by atomic mass is 10.0. The van der Waals surface area contributed by atoms with Gasteiger partial charge in [0.2, 0.25) is 0 Å². The Hall–Kier alpha value is -1.80. The first-order chi connectivity index (χ1) is 8.20. The van der Waals surface area contributed by atoms with E-state index in [0.717, 1.165) is 16.9 Å². The van der Waals surface area contributed by atoms with Gasteiger partial charge in [0.15, 0.2) is 0 Å². The summed E-state index contributed by atoms with van der Waals surface area (Å²) < 4.78 is 5.22. The van der Waals surface area contributed by atoms with E-state index in [1.165, 1.54) is 5.56 Å². The van der Waals surface area contributed by atoms with Gasteiger partial charge in [0, 0.05) is 6.04 Å². The first kappa shape index (κ1) is 11.7. The topological polar surface area (TPSA) is 35.2 Å². The Morgan fingerprint density at radius 1 is 1.00 bits per heavy atom. The minimum absolute atomic E-state index is 0.0781. The molecule has 0 aliphatic rings. The number of nitrogens with two attached hydrogens (primary N) is 1. The van der Waals surface area contributed by atoms with Crippen molar-refractivity contribution in [3.05, 3.63) is 54.1 Å². The highest BCUT2D eigenvalue weighted by Crippen LogP contribution is 2.24. The molecule has 0 saturated carbocycles. The molecule has 0 fully saturated rings. The number of rotatable bonds is 3. The molecule has 2 rings (SSSR count). The van der Waals surface area contributed by atoms with Gasteiger partial charge in [-0.2, -0.15) is 0 Å². The van der Waals surface area contributed by atoms with Gasteiger partial charge in [-0.25, -0.2) is 0 Å². The average Bonchev–Trinajstić information content (AvgIpc) is 2.39. The van der Waals surface area contributed by atoms with Gasteiger partial charge in [0.25, 0.3) is 0 Å². The van der Waals surface area contributed by atoms with Crippen LogP contribution in [0.1, 0.15) is 18.5 Å². The Kier molecular flexibility index (Phi) is 3.45. The van der Waals surface area contributed by atoms with Gasteiger partial charge in [0.1, 0.15) is 5.75 Å². The van der Waals surface area contributed by atoms with Crippen molar-refractivity contribution < 1.29 is 4.74 Å². The van der Waals surface area contributed by atoms with E-state index in [1.54, 1.807) is 7.11 Å². The zero-order valence-corrected chi connectivity index (χ0v) is 10.2. The van der Waals surface area contributed by atoms with Gasteiger partial charge >= 0.3 is 0 Å². The van der Waals surface area contributed by atoms with Crippen LogP contribution in [-0.2, 0) is 0 Å². The number of hydrogen-bond donors (Lipinski definition) is 1. The Labute approximate surface area is 102 Å². The van der Waals surface area contributed by atoms with Crippen LogP contribution in [0.4, 0.5) is 0 Å². The van der Waals surface area contributed by atoms with Crippen LogP contribution in [0.15, 0.2) is 48.5 Å². The van der Waals surface area contributed by atoms with Crippen LogP contribution in [0.3, 0.4) is 0 Å². The largest absolute Gasteiger partial charge is 0.497 e. The third-order valence-corrected chi connectivity index (χ3v) is 2.84. The molecule has 0 aromatic heterocycles. The normalized spacial score (nSPS) is 12.2. The molecule has 0 saturated heterocycles. The fraction of sp³-hybridized carbons (Fsp3) is 0.200. The van der Waals surface area contributed by atoms with Gasteiger partial charge in [-0.05, 0) is 35.7 Å². The molecule has 17 heavy (non-hydrogen) atoms. The van der Waals surface area contributed by atoms with E-state index in [0.29, 0.717) is 0 Å². The van der Waals surface area contributed by atoms with Crippen LogP contribution >= 0.6 is 0 Å². The zero-order chi connectivity index (χ0) is 12.3. The van der Waals surface area contributed by atoms with Crippen LogP contribution in [0, 0.1) is 0 Å². The van der Waals surface area contributed by atoms with E-state index in [9.17, 15) is 0 Å². The maximum absolute atomic E-state index is 5.83. The lowest BCUT2D eigenvalue weighted by Crippen LogP contribution is -2.04.